The van der Waals surface area contributed by atoms with E-state index in [1.54, 1.807) is 13.0 Å². The summed E-state index contributed by atoms with van der Waals surface area (Å²) in [4.78, 5) is 15.6. The highest BCUT2D eigenvalue weighted by Gasteiger charge is 2.03. The fourth-order valence-electron chi connectivity index (χ4n) is 1.62. The van der Waals surface area contributed by atoms with Gasteiger partial charge in [0.1, 0.15) is 5.75 Å². The molecule has 0 N–H and O–H groups in total. The van der Waals surface area contributed by atoms with Gasteiger partial charge in [-0.1, -0.05) is 13.8 Å². The van der Waals surface area contributed by atoms with E-state index < -0.39 is 0 Å². The van der Waals surface area contributed by atoms with Crippen LogP contribution in [0.5, 0.6) is 5.75 Å². The van der Waals surface area contributed by atoms with Gasteiger partial charge in [-0.25, -0.2) is 0 Å². The first-order valence-corrected chi connectivity index (χ1v) is 5.82. The Morgan fingerprint density at radius 1 is 1.29 bits per heavy atom. The van der Waals surface area contributed by atoms with E-state index >= 15 is 0 Å². The van der Waals surface area contributed by atoms with Crippen LogP contribution in [0.3, 0.4) is 0 Å². The van der Waals surface area contributed by atoms with Crippen LogP contribution in [0, 0.1) is 0 Å². The number of aromatic nitrogens is 1. The van der Waals surface area contributed by atoms with E-state index in [2.05, 4.69) is 18.0 Å². The molecule has 0 bridgehead atoms. The maximum atomic E-state index is 11.2. The van der Waals surface area contributed by atoms with Crippen molar-refractivity contribution in [3.8, 4) is 5.75 Å². The highest BCUT2D eigenvalue weighted by molar-refractivity contribution is 5.82. The predicted molar refractivity (Wildman–Crippen MR) is 67.0 cm³/mol. The molecule has 0 aliphatic rings. The first kappa shape index (κ1) is 11.6. The molecule has 2 aromatic rings. The zero-order valence-corrected chi connectivity index (χ0v) is 10.1. The van der Waals surface area contributed by atoms with E-state index in [4.69, 9.17) is 4.74 Å². The Labute approximate surface area is 100 Å². The molecule has 0 aliphatic carbocycles. The molecule has 1 aromatic heterocycles. The first-order valence-electron chi connectivity index (χ1n) is 5.82. The van der Waals surface area contributed by atoms with Gasteiger partial charge in [-0.05, 0) is 36.2 Å². The van der Waals surface area contributed by atoms with Crippen LogP contribution in [0.2, 0.25) is 0 Å². The van der Waals surface area contributed by atoms with Crippen LogP contribution < -0.4 is 4.74 Å². The molecule has 0 unspecified atom stereocenters. The molecule has 0 aliphatic heterocycles. The summed E-state index contributed by atoms with van der Waals surface area (Å²) in [6.45, 7) is 3.87. The lowest BCUT2D eigenvalue weighted by molar-refractivity contribution is -0.134. The van der Waals surface area contributed by atoms with Crippen molar-refractivity contribution < 1.29 is 9.53 Å². The van der Waals surface area contributed by atoms with Gasteiger partial charge in [0.15, 0.2) is 0 Å². The summed E-state index contributed by atoms with van der Waals surface area (Å²) >= 11 is 0. The lowest BCUT2D eigenvalue weighted by Crippen LogP contribution is -2.05. The number of rotatable bonds is 3. The molecule has 0 spiro atoms. The maximum absolute atomic E-state index is 11.2. The van der Waals surface area contributed by atoms with Crippen molar-refractivity contribution in [2.24, 2.45) is 0 Å². The van der Waals surface area contributed by atoms with Gasteiger partial charge in [0.2, 0.25) is 0 Å². The van der Waals surface area contributed by atoms with E-state index in [0.29, 0.717) is 12.2 Å². The molecule has 0 saturated heterocycles. The number of pyridine rings is 1. The van der Waals surface area contributed by atoms with E-state index in [1.165, 1.54) is 5.56 Å². The Morgan fingerprint density at radius 2 is 2.12 bits per heavy atom. The van der Waals surface area contributed by atoms with Gasteiger partial charge in [0.05, 0.1) is 5.52 Å². The van der Waals surface area contributed by atoms with Gasteiger partial charge in [-0.3, -0.25) is 9.78 Å². The van der Waals surface area contributed by atoms with Crippen LogP contribution in [0.4, 0.5) is 0 Å². The third kappa shape index (κ3) is 2.61. The lowest BCUT2D eigenvalue weighted by atomic mass is 10.1. The standard InChI is InChI=1S/C14H15NO2/c1-3-10-7-11-8-12(17-14(16)4-2)5-6-13(11)15-9-10/h5-9H,3-4H2,1-2H3. The average molecular weight is 229 g/mol. The fourth-order valence-corrected chi connectivity index (χ4v) is 1.62. The highest BCUT2D eigenvalue weighted by Crippen LogP contribution is 2.20. The molecule has 3 heteroatoms. The van der Waals surface area contributed by atoms with Gasteiger partial charge < -0.3 is 4.74 Å². The minimum Gasteiger partial charge on any atom is -0.427 e. The summed E-state index contributed by atoms with van der Waals surface area (Å²) in [5.74, 6) is 0.364. The number of carbonyl (C=O) groups excluding carboxylic acids is 1. The molecule has 2 rings (SSSR count). The zero-order valence-electron chi connectivity index (χ0n) is 10.1. The van der Waals surface area contributed by atoms with Crippen molar-refractivity contribution in [2.75, 3.05) is 0 Å². The minimum atomic E-state index is -0.219. The van der Waals surface area contributed by atoms with Gasteiger partial charge in [0.25, 0.3) is 0 Å². The van der Waals surface area contributed by atoms with Crippen LogP contribution in [-0.4, -0.2) is 11.0 Å². The van der Waals surface area contributed by atoms with Crippen molar-refractivity contribution in [3.05, 3.63) is 36.0 Å². The van der Waals surface area contributed by atoms with E-state index in [1.807, 2.05) is 18.3 Å². The van der Waals surface area contributed by atoms with Crippen molar-refractivity contribution in [1.29, 1.82) is 0 Å². The number of nitrogens with zero attached hydrogens (tertiary/aromatic N) is 1. The molecular formula is C14H15NO2. The highest BCUT2D eigenvalue weighted by atomic mass is 16.5. The molecule has 3 nitrogen and oxygen atoms in total. The van der Waals surface area contributed by atoms with E-state index in [-0.39, 0.29) is 5.97 Å². The van der Waals surface area contributed by atoms with Crippen LogP contribution >= 0.6 is 0 Å². The van der Waals surface area contributed by atoms with Crippen LogP contribution in [0.15, 0.2) is 30.5 Å². The molecule has 0 amide bonds. The third-order valence-electron chi connectivity index (χ3n) is 2.64. The number of fused-ring (bicyclic) bond motifs is 1. The number of esters is 1. The second-order valence-electron chi connectivity index (χ2n) is 3.88. The van der Waals surface area contributed by atoms with E-state index in [0.717, 1.165) is 17.3 Å². The Morgan fingerprint density at radius 3 is 2.82 bits per heavy atom. The largest absolute Gasteiger partial charge is 0.427 e. The predicted octanol–water partition coefficient (Wildman–Crippen LogP) is 3.11. The Kier molecular flexibility index (Phi) is 3.38. The maximum Gasteiger partial charge on any atom is 0.310 e. The SMILES string of the molecule is CCC(=O)Oc1ccc2ncc(CC)cc2c1. The summed E-state index contributed by atoms with van der Waals surface area (Å²) in [6.07, 6.45) is 3.20. The van der Waals surface area contributed by atoms with Crippen molar-refractivity contribution in [1.82, 2.24) is 4.98 Å². The molecule has 0 saturated carbocycles. The first-order chi connectivity index (χ1) is 8.22. The van der Waals surface area contributed by atoms with E-state index in [9.17, 15) is 4.79 Å². The van der Waals surface area contributed by atoms with Crippen LogP contribution in [0.1, 0.15) is 25.8 Å². The molecule has 0 fully saturated rings. The van der Waals surface area contributed by atoms with Crippen molar-refractivity contribution >= 4 is 16.9 Å². The number of hydrogen-bond acceptors (Lipinski definition) is 3. The zero-order chi connectivity index (χ0) is 12.3. The summed E-state index contributed by atoms with van der Waals surface area (Å²) in [7, 11) is 0. The van der Waals surface area contributed by atoms with Gasteiger partial charge in [-0.2, -0.15) is 0 Å². The van der Waals surface area contributed by atoms with Gasteiger partial charge in [-0.15, -0.1) is 0 Å². The fraction of sp³-hybridized carbons (Fsp3) is 0.286. The Bertz CT molecular complexity index is 549. The summed E-state index contributed by atoms with van der Waals surface area (Å²) in [6, 6.07) is 7.57. The smallest absolute Gasteiger partial charge is 0.310 e. The molecule has 88 valence electrons. The quantitative estimate of drug-likeness (QED) is 0.599. The number of carbonyl (C=O) groups is 1. The molecule has 0 atom stereocenters. The van der Waals surface area contributed by atoms with Crippen LogP contribution in [0.25, 0.3) is 10.9 Å². The Balaban J connectivity index is 2.37. The summed E-state index contributed by atoms with van der Waals surface area (Å²) < 4.78 is 5.18. The summed E-state index contributed by atoms with van der Waals surface area (Å²) in [5, 5.41) is 1.01. The summed E-state index contributed by atoms with van der Waals surface area (Å²) in [5.41, 5.74) is 2.09. The number of hydrogen-bond donors (Lipinski definition) is 0. The Hall–Kier alpha value is -1.90. The molecule has 0 radical (unpaired) electrons. The second-order valence-corrected chi connectivity index (χ2v) is 3.88. The van der Waals surface area contributed by atoms with Crippen molar-refractivity contribution in [2.45, 2.75) is 26.7 Å². The number of ether oxygens (including phenoxy) is 1. The topological polar surface area (TPSA) is 39.2 Å². The second kappa shape index (κ2) is 4.95. The lowest BCUT2D eigenvalue weighted by Gasteiger charge is -2.05. The number of benzene rings is 1. The molecule has 17 heavy (non-hydrogen) atoms. The monoisotopic (exact) mass is 229 g/mol. The van der Waals surface area contributed by atoms with Crippen molar-refractivity contribution in [3.63, 3.8) is 0 Å². The molecular weight excluding hydrogens is 214 g/mol. The third-order valence-corrected chi connectivity index (χ3v) is 2.64. The van der Waals surface area contributed by atoms with Gasteiger partial charge >= 0.3 is 5.97 Å². The minimum absolute atomic E-state index is 0.219. The average Bonchev–Trinajstić information content (AvgIpc) is 2.37. The molecule has 1 aromatic carbocycles. The van der Waals surface area contributed by atoms with Crippen LogP contribution in [-0.2, 0) is 11.2 Å². The number of aryl methyl sites for hydroxylation is 1. The molecule has 1 heterocycles. The normalized spacial score (nSPS) is 10.5. The van der Waals surface area contributed by atoms with Gasteiger partial charge in [0, 0.05) is 18.0 Å².